The van der Waals surface area contributed by atoms with Gasteiger partial charge in [0.15, 0.2) is 0 Å². The minimum Gasteiger partial charge on any atom is -0.375 e. The van der Waals surface area contributed by atoms with Crippen molar-refractivity contribution in [1.82, 2.24) is 4.98 Å². The molecule has 1 aliphatic rings. The van der Waals surface area contributed by atoms with Crippen LogP contribution in [0.15, 0.2) is 18.5 Å². The van der Waals surface area contributed by atoms with E-state index in [1.807, 2.05) is 0 Å². The summed E-state index contributed by atoms with van der Waals surface area (Å²) in [5.74, 6) is 0.553. The Labute approximate surface area is 93.0 Å². The number of hydrogen-bond donors (Lipinski definition) is 2. The molecule has 2 rings (SSSR count). The largest absolute Gasteiger partial charge is 0.375 e. The molecule has 1 aliphatic carbocycles. The Morgan fingerprint density at radius 3 is 3.00 bits per heavy atom. The molecule has 1 saturated carbocycles. The van der Waals surface area contributed by atoms with Crippen LogP contribution >= 0.6 is 0 Å². The molecule has 1 aromatic heterocycles. The van der Waals surface area contributed by atoms with Crippen LogP contribution in [0, 0.1) is 16.0 Å². The summed E-state index contributed by atoms with van der Waals surface area (Å²) in [6.07, 6.45) is 5.08. The second-order valence-corrected chi connectivity index (χ2v) is 3.97. The lowest BCUT2D eigenvalue weighted by molar-refractivity contribution is -0.384. The maximum absolute atomic E-state index is 10.8. The van der Waals surface area contributed by atoms with Crippen LogP contribution in [0.25, 0.3) is 0 Å². The number of nitrogens with one attached hydrogen (secondary N) is 1. The number of hydrogen-bond acceptors (Lipinski definition) is 5. The molecule has 0 amide bonds. The highest BCUT2D eigenvalue weighted by molar-refractivity contribution is 5.60. The molecule has 0 aromatic carbocycles. The summed E-state index contributed by atoms with van der Waals surface area (Å²) in [6, 6.07) is 1.74. The predicted molar refractivity (Wildman–Crippen MR) is 60.1 cm³/mol. The van der Waals surface area contributed by atoms with Crippen molar-refractivity contribution in [2.24, 2.45) is 11.7 Å². The molecule has 3 N–H and O–H groups in total. The Hall–Kier alpha value is -1.69. The molecule has 1 atom stereocenters. The van der Waals surface area contributed by atoms with Crippen molar-refractivity contribution in [2.45, 2.75) is 18.9 Å². The summed E-state index contributed by atoms with van der Waals surface area (Å²) in [7, 11) is 0. The van der Waals surface area contributed by atoms with E-state index in [-0.39, 0.29) is 11.7 Å². The first kappa shape index (κ1) is 10.8. The van der Waals surface area contributed by atoms with Crippen LogP contribution in [0.4, 0.5) is 11.4 Å². The Morgan fingerprint density at radius 2 is 2.44 bits per heavy atom. The first-order chi connectivity index (χ1) is 7.72. The van der Waals surface area contributed by atoms with Gasteiger partial charge in [-0.3, -0.25) is 15.1 Å². The van der Waals surface area contributed by atoms with Crippen LogP contribution in [0.1, 0.15) is 12.8 Å². The van der Waals surface area contributed by atoms with Crippen molar-refractivity contribution in [1.29, 1.82) is 0 Å². The zero-order valence-corrected chi connectivity index (χ0v) is 8.80. The van der Waals surface area contributed by atoms with Crippen molar-refractivity contribution in [2.75, 3.05) is 11.9 Å². The molecular weight excluding hydrogens is 208 g/mol. The normalized spacial score (nSPS) is 16.8. The molecule has 86 valence electrons. The summed E-state index contributed by atoms with van der Waals surface area (Å²) in [5.41, 5.74) is 6.14. The smallest absolute Gasteiger partial charge is 0.310 e. The molecule has 1 heterocycles. The number of anilines is 1. The zero-order valence-electron chi connectivity index (χ0n) is 8.80. The van der Waals surface area contributed by atoms with Gasteiger partial charge < -0.3 is 11.1 Å². The minimum absolute atomic E-state index is 0.00148. The standard InChI is InChI=1S/C10H14N4O2/c11-5-9(7-1-2-7)13-8-3-4-12-6-10(8)14(15)16/h3-4,6-7,9H,1-2,5,11H2,(H,12,13). The van der Waals surface area contributed by atoms with E-state index in [1.54, 1.807) is 6.07 Å². The topological polar surface area (TPSA) is 94.1 Å². The fraction of sp³-hybridized carbons (Fsp3) is 0.500. The van der Waals surface area contributed by atoms with Gasteiger partial charge in [-0.05, 0) is 24.8 Å². The van der Waals surface area contributed by atoms with E-state index in [9.17, 15) is 10.1 Å². The Morgan fingerprint density at radius 1 is 1.69 bits per heavy atom. The van der Waals surface area contributed by atoms with Gasteiger partial charge >= 0.3 is 5.69 Å². The number of pyridine rings is 1. The zero-order chi connectivity index (χ0) is 11.5. The number of nitrogens with two attached hydrogens (primary N) is 1. The maximum Gasteiger partial charge on any atom is 0.310 e. The Kier molecular flexibility index (Phi) is 3.00. The van der Waals surface area contributed by atoms with Gasteiger partial charge in [-0.15, -0.1) is 0 Å². The van der Waals surface area contributed by atoms with Crippen molar-refractivity contribution < 1.29 is 4.92 Å². The van der Waals surface area contributed by atoms with Crippen molar-refractivity contribution >= 4 is 11.4 Å². The van der Waals surface area contributed by atoms with Gasteiger partial charge in [-0.2, -0.15) is 0 Å². The third-order valence-corrected chi connectivity index (χ3v) is 2.78. The summed E-state index contributed by atoms with van der Waals surface area (Å²) >= 11 is 0. The average Bonchev–Trinajstić information content (AvgIpc) is 3.10. The van der Waals surface area contributed by atoms with E-state index in [4.69, 9.17) is 5.73 Å². The average molecular weight is 222 g/mol. The highest BCUT2D eigenvalue weighted by Crippen LogP contribution is 2.35. The van der Waals surface area contributed by atoms with Crippen molar-refractivity contribution in [3.05, 3.63) is 28.6 Å². The first-order valence-corrected chi connectivity index (χ1v) is 5.27. The fourth-order valence-electron chi connectivity index (χ4n) is 1.72. The van der Waals surface area contributed by atoms with E-state index in [2.05, 4.69) is 10.3 Å². The molecular formula is C10H14N4O2. The minimum atomic E-state index is -0.435. The lowest BCUT2D eigenvalue weighted by Crippen LogP contribution is -2.31. The maximum atomic E-state index is 10.8. The third-order valence-electron chi connectivity index (χ3n) is 2.78. The van der Waals surface area contributed by atoms with Crippen LogP contribution < -0.4 is 11.1 Å². The fourth-order valence-corrected chi connectivity index (χ4v) is 1.72. The lowest BCUT2D eigenvalue weighted by Gasteiger charge is -2.16. The van der Waals surface area contributed by atoms with Gasteiger partial charge in [0, 0.05) is 18.8 Å². The molecule has 16 heavy (non-hydrogen) atoms. The van der Waals surface area contributed by atoms with E-state index in [1.165, 1.54) is 12.4 Å². The molecule has 0 radical (unpaired) electrons. The molecule has 1 fully saturated rings. The van der Waals surface area contributed by atoms with E-state index < -0.39 is 4.92 Å². The summed E-state index contributed by atoms with van der Waals surface area (Å²) < 4.78 is 0. The van der Waals surface area contributed by atoms with Gasteiger partial charge in [-0.1, -0.05) is 0 Å². The van der Waals surface area contributed by atoms with Crippen molar-refractivity contribution in [3.63, 3.8) is 0 Å². The molecule has 1 aromatic rings. The van der Waals surface area contributed by atoms with Gasteiger partial charge in [-0.25, -0.2) is 0 Å². The van der Waals surface area contributed by atoms with Crippen LogP contribution in [0.3, 0.4) is 0 Å². The number of nitro groups is 1. The van der Waals surface area contributed by atoms with E-state index >= 15 is 0 Å². The van der Waals surface area contributed by atoms with Crippen LogP contribution in [0.5, 0.6) is 0 Å². The predicted octanol–water partition coefficient (Wildman–Crippen LogP) is 1.14. The highest BCUT2D eigenvalue weighted by atomic mass is 16.6. The molecule has 0 aliphatic heterocycles. The second-order valence-electron chi connectivity index (χ2n) is 3.97. The third kappa shape index (κ3) is 2.27. The van der Waals surface area contributed by atoms with Gasteiger partial charge in [0.05, 0.1) is 4.92 Å². The van der Waals surface area contributed by atoms with Gasteiger partial charge in [0.25, 0.3) is 0 Å². The SMILES string of the molecule is NCC(Nc1ccncc1[N+](=O)[O-])C1CC1. The monoisotopic (exact) mass is 222 g/mol. The summed E-state index contributed by atoms with van der Waals surface area (Å²) in [4.78, 5) is 14.1. The second kappa shape index (κ2) is 4.44. The summed E-state index contributed by atoms with van der Waals surface area (Å²) in [6.45, 7) is 0.490. The van der Waals surface area contributed by atoms with E-state index in [0.717, 1.165) is 12.8 Å². The van der Waals surface area contributed by atoms with E-state index in [0.29, 0.717) is 18.2 Å². The molecule has 0 spiro atoms. The first-order valence-electron chi connectivity index (χ1n) is 5.27. The summed E-state index contributed by atoms with van der Waals surface area (Å²) in [5, 5.41) is 13.9. The Bertz CT molecular complexity index is 392. The molecule has 0 bridgehead atoms. The van der Waals surface area contributed by atoms with Crippen LogP contribution in [0.2, 0.25) is 0 Å². The van der Waals surface area contributed by atoms with Crippen LogP contribution in [-0.4, -0.2) is 22.5 Å². The van der Waals surface area contributed by atoms with Gasteiger partial charge in [0.2, 0.25) is 0 Å². The van der Waals surface area contributed by atoms with Crippen LogP contribution in [-0.2, 0) is 0 Å². The molecule has 6 nitrogen and oxygen atoms in total. The lowest BCUT2D eigenvalue weighted by atomic mass is 10.1. The van der Waals surface area contributed by atoms with Gasteiger partial charge in [0.1, 0.15) is 11.9 Å². The number of rotatable bonds is 5. The molecule has 1 unspecified atom stereocenters. The number of nitrogens with zero attached hydrogens (tertiary/aromatic N) is 2. The van der Waals surface area contributed by atoms with Crippen molar-refractivity contribution in [3.8, 4) is 0 Å². The number of aromatic nitrogens is 1. The Balaban J connectivity index is 2.15. The molecule has 0 saturated heterocycles. The quantitative estimate of drug-likeness (QED) is 0.575. The molecule has 6 heteroatoms. The highest BCUT2D eigenvalue weighted by Gasteiger charge is 2.31.